The van der Waals surface area contributed by atoms with E-state index in [0.29, 0.717) is 23.9 Å². The fourth-order valence-electron chi connectivity index (χ4n) is 4.15. The number of carboxylic acids is 1. The number of rotatable bonds is 3. The van der Waals surface area contributed by atoms with Gasteiger partial charge < -0.3 is 15.3 Å². The Bertz CT molecular complexity index is 1220. The Hall–Kier alpha value is -3.87. The summed E-state index contributed by atoms with van der Waals surface area (Å²) in [6.45, 7) is 1.37. The Labute approximate surface area is 172 Å². The second-order valence-electron chi connectivity index (χ2n) is 7.49. The van der Waals surface area contributed by atoms with Gasteiger partial charge in [0.15, 0.2) is 0 Å². The Morgan fingerprint density at radius 1 is 1.07 bits per heavy atom. The molecule has 30 heavy (non-hydrogen) atoms. The molecule has 1 atom stereocenters. The molecule has 0 saturated heterocycles. The molecule has 0 aliphatic carbocycles. The van der Waals surface area contributed by atoms with Crippen LogP contribution in [0.3, 0.4) is 0 Å². The molecule has 0 spiro atoms. The minimum atomic E-state index is -1.09. The number of benzene rings is 2. The van der Waals surface area contributed by atoms with E-state index in [9.17, 15) is 14.7 Å². The Morgan fingerprint density at radius 3 is 2.57 bits per heavy atom. The maximum absolute atomic E-state index is 13.1. The highest BCUT2D eigenvalue weighted by molar-refractivity contribution is 5.91. The summed E-state index contributed by atoms with van der Waals surface area (Å²) in [5, 5.41) is 12.4. The largest absolute Gasteiger partial charge is 0.477 e. The molecule has 2 aliphatic rings. The van der Waals surface area contributed by atoms with E-state index in [-0.39, 0.29) is 11.3 Å². The molecule has 3 aromatic rings. The average molecular weight is 400 g/mol. The number of aliphatic carboxylic acids is 1. The zero-order valence-corrected chi connectivity index (χ0v) is 16.1. The number of aromatic amines is 1. The van der Waals surface area contributed by atoms with Crippen molar-refractivity contribution in [1.82, 2.24) is 9.97 Å². The Balaban J connectivity index is 1.57. The van der Waals surface area contributed by atoms with Crippen LogP contribution in [0.15, 0.2) is 71.2 Å². The van der Waals surface area contributed by atoms with E-state index in [2.05, 4.69) is 27.4 Å². The molecule has 1 aromatic heterocycles. The lowest BCUT2D eigenvalue weighted by atomic mass is 9.89. The van der Waals surface area contributed by atoms with Gasteiger partial charge in [-0.1, -0.05) is 54.6 Å². The molecule has 3 N–H and O–H groups in total. The summed E-state index contributed by atoms with van der Waals surface area (Å²) in [6, 6.07) is 17.6. The lowest BCUT2D eigenvalue weighted by molar-refractivity contribution is -0.132. The van der Waals surface area contributed by atoms with Gasteiger partial charge in [0.25, 0.3) is 5.56 Å². The van der Waals surface area contributed by atoms with Crippen LogP contribution in [0.5, 0.6) is 0 Å². The summed E-state index contributed by atoms with van der Waals surface area (Å²) in [7, 11) is 0. The van der Waals surface area contributed by atoms with E-state index < -0.39 is 11.9 Å². The van der Waals surface area contributed by atoms with Gasteiger partial charge in [0, 0.05) is 19.0 Å². The van der Waals surface area contributed by atoms with Crippen LogP contribution in [-0.2, 0) is 17.8 Å². The number of H-pyrrole nitrogens is 1. The van der Waals surface area contributed by atoms with Crippen molar-refractivity contribution in [2.24, 2.45) is 0 Å². The van der Waals surface area contributed by atoms with Gasteiger partial charge in [-0.3, -0.25) is 9.78 Å². The minimum Gasteiger partial charge on any atom is -0.477 e. The summed E-state index contributed by atoms with van der Waals surface area (Å²) in [6.07, 6.45) is 2.42. The number of hydrogen-bond donors (Lipinski definition) is 3. The first-order valence-corrected chi connectivity index (χ1v) is 9.83. The van der Waals surface area contributed by atoms with Crippen molar-refractivity contribution in [3.63, 3.8) is 0 Å². The highest BCUT2D eigenvalue weighted by Crippen LogP contribution is 2.34. The molecular formula is C23H20N4O3. The van der Waals surface area contributed by atoms with E-state index in [1.54, 1.807) is 6.08 Å². The number of hydrogen-bond acceptors (Lipinski definition) is 5. The summed E-state index contributed by atoms with van der Waals surface area (Å²) in [5.74, 6) is -0.835. The molecule has 0 fully saturated rings. The molecule has 2 aliphatic heterocycles. The summed E-state index contributed by atoms with van der Waals surface area (Å²) in [5.41, 5.74) is 3.51. The van der Waals surface area contributed by atoms with E-state index in [1.807, 2.05) is 47.4 Å². The highest BCUT2D eigenvalue weighted by Gasteiger charge is 2.30. The van der Waals surface area contributed by atoms with Gasteiger partial charge in [-0.25, -0.2) is 4.79 Å². The average Bonchev–Trinajstić information content (AvgIpc) is 2.78. The molecule has 0 amide bonds. The van der Waals surface area contributed by atoms with E-state index in [1.165, 1.54) is 11.1 Å². The third kappa shape index (κ3) is 3.14. The number of nitrogens with zero attached hydrogens (tertiary/aromatic N) is 2. The van der Waals surface area contributed by atoms with Crippen LogP contribution in [0, 0.1) is 0 Å². The highest BCUT2D eigenvalue weighted by atomic mass is 16.4. The standard InChI is InChI=1S/C23H20N4O3/c28-21-19-17(15-7-2-1-3-8-15)12-18(22(29)30)24-20(19)25-23(26-21)27-11-10-14-6-4-5-9-16(14)13-27/h1-9,12,17H,10-11,13H2,(H,29,30)(H2,24,25,26,28)/t17-/m1/s1. The fraction of sp³-hybridized carbons (Fsp3) is 0.174. The molecule has 0 saturated carbocycles. The Kier molecular flexibility index (Phi) is 4.35. The SMILES string of the molecule is O=C(O)C1=C[C@H](c2ccccc2)c2c(nc(N3CCc4ccccc4C3)[nH]c2=O)N1. The number of aromatic nitrogens is 2. The smallest absolute Gasteiger partial charge is 0.352 e. The van der Waals surface area contributed by atoms with Crippen LogP contribution in [0.4, 0.5) is 11.8 Å². The van der Waals surface area contributed by atoms with Crippen molar-refractivity contribution in [3.8, 4) is 0 Å². The molecule has 7 nitrogen and oxygen atoms in total. The van der Waals surface area contributed by atoms with Crippen molar-refractivity contribution in [1.29, 1.82) is 0 Å². The van der Waals surface area contributed by atoms with E-state index >= 15 is 0 Å². The number of fused-ring (bicyclic) bond motifs is 2. The van der Waals surface area contributed by atoms with Gasteiger partial charge >= 0.3 is 5.97 Å². The number of anilines is 2. The quantitative estimate of drug-likeness (QED) is 0.625. The zero-order chi connectivity index (χ0) is 20.7. The third-order valence-corrected chi connectivity index (χ3v) is 5.66. The molecule has 3 heterocycles. The Morgan fingerprint density at radius 2 is 1.80 bits per heavy atom. The van der Waals surface area contributed by atoms with Crippen LogP contribution in [0.25, 0.3) is 0 Å². The maximum Gasteiger partial charge on any atom is 0.352 e. The normalized spacial score (nSPS) is 17.4. The van der Waals surface area contributed by atoms with Crippen LogP contribution < -0.4 is 15.8 Å². The van der Waals surface area contributed by atoms with Crippen molar-refractivity contribution < 1.29 is 9.90 Å². The molecule has 150 valence electrons. The summed E-state index contributed by atoms with van der Waals surface area (Å²) in [4.78, 5) is 34.4. The van der Waals surface area contributed by atoms with E-state index in [4.69, 9.17) is 0 Å². The first kappa shape index (κ1) is 18.2. The van der Waals surface area contributed by atoms with Crippen molar-refractivity contribution in [2.75, 3.05) is 16.8 Å². The second-order valence-corrected chi connectivity index (χ2v) is 7.49. The van der Waals surface area contributed by atoms with E-state index in [0.717, 1.165) is 18.5 Å². The topological polar surface area (TPSA) is 98.3 Å². The van der Waals surface area contributed by atoms with Crippen molar-refractivity contribution >= 4 is 17.7 Å². The van der Waals surface area contributed by atoms with Gasteiger partial charge in [-0.2, -0.15) is 4.98 Å². The molecule has 7 heteroatoms. The second kappa shape index (κ2) is 7.18. The molecule has 0 radical (unpaired) electrons. The third-order valence-electron chi connectivity index (χ3n) is 5.66. The molecule has 0 bridgehead atoms. The van der Waals surface area contributed by atoms with Gasteiger partial charge in [-0.05, 0) is 29.2 Å². The zero-order valence-electron chi connectivity index (χ0n) is 16.1. The van der Waals surface area contributed by atoms with Crippen molar-refractivity contribution in [3.05, 3.63) is 99.0 Å². The molecule has 2 aromatic carbocycles. The summed E-state index contributed by atoms with van der Waals surface area (Å²) >= 11 is 0. The lowest BCUT2D eigenvalue weighted by Gasteiger charge is -2.30. The van der Waals surface area contributed by atoms with Crippen molar-refractivity contribution in [2.45, 2.75) is 18.9 Å². The minimum absolute atomic E-state index is 0.0180. The maximum atomic E-state index is 13.1. The number of carbonyl (C=O) groups is 1. The first-order valence-electron chi connectivity index (χ1n) is 9.83. The molecule has 0 unspecified atom stereocenters. The number of carboxylic acid groups (broad SMARTS) is 1. The van der Waals surface area contributed by atoms with Gasteiger partial charge in [-0.15, -0.1) is 0 Å². The van der Waals surface area contributed by atoms with Crippen LogP contribution >= 0.6 is 0 Å². The fourth-order valence-corrected chi connectivity index (χ4v) is 4.15. The first-order chi connectivity index (χ1) is 14.6. The summed E-state index contributed by atoms with van der Waals surface area (Å²) < 4.78 is 0. The van der Waals surface area contributed by atoms with Crippen LogP contribution in [0.1, 0.15) is 28.2 Å². The number of nitrogens with one attached hydrogen (secondary N) is 2. The predicted octanol–water partition coefficient (Wildman–Crippen LogP) is 2.86. The van der Waals surface area contributed by atoms with Crippen LogP contribution in [0.2, 0.25) is 0 Å². The monoisotopic (exact) mass is 400 g/mol. The van der Waals surface area contributed by atoms with Gasteiger partial charge in [0.2, 0.25) is 5.95 Å². The van der Waals surface area contributed by atoms with Gasteiger partial charge in [0.05, 0.1) is 5.56 Å². The van der Waals surface area contributed by atoms with Gasteiger partial charge in [0.1, 0.15) is 11.5 Å². The number of allylic oxidation sites excluding steroid dienone is 1. The molecule has 5 rings (SSSR count). The molecular weight excluding hydrogens is 380 g/mol. The predicted molar refractivity (Wildman–Crippen MR) is 114 cm³/mol. The van der Waals surface area contributed by atoms with Crippen LogP contribution in [-0.4, -0.2) is 27.6 Å². The lowest BCUT2D eigenvalue weighted by Crippen LogP contribution is -2.35.